The van der Waals surface area contributed by atoms with Crippen molar-refractivity contribution in [1.82, 2.24) is 5.32 Å². The second-order valence-corrected chi connectivity index (χ2v) is 7.50. The first-order chi connectivity index (χ1) is 10.3. The Morgan fingerprint density at radius 2 is 1.81 bits per heavy atom. The van der Waals surface area contributed by atoms with Crippen molar-refractivity contribution in [1.29, 1.82) is 0 Å². The lowest BCUT2D eigenvalue weighted by atomic mass is 9.92. The van der Waals surface area contributed by atoms with Gasteiger partial charge in [0.1, 0.15) is 5.75 Å². The van der Waals surface area contributed by atoms with Gasteiger partial charge in [-0.1, -0.05) is 25.0 Å². The third-order valence-corrected chi connectivity index (χ3v) is 6.14. The molecule has 2 saturated carbocycles. The van der Waals surface area contributed by atoms with Crippen molar-refractivity contribution >= 4 is 11.8 Å². The summed E-state index contributed by atoms with van der Waals surface area (Å²) in [6.45, 7) is 0. The van der Waals surface area contributed by atoms with Gasteiger partial charge < -0.3 is 10.1 Å². The van der Waals surface area contributed by atoms with Crippen molar-refractivity contribution in [3.8, 4) is 5.75 Å². The summed E-state index contributed by atoms with van der Waals surface area (Å²) in [6.07, 6.45) is 10.5. The molecule has 1 N–H and O–H groups in total. The quantitative estimate of drug-likeness (QED) is 0.841. The van der Waals surface area contributed by atoms with Gasteiger partial charge in [-0.3, -0.25) is 0 Å². The molecule has 3 heteroatoms. The SMILES string of the molecule is COc1ccc(C(NC2CCCCC2SC)C2CC2)cc1. The van der Waals surface area contributed by atoms with Crippen LogP contribution in [0.1, 0.15) is 50.1 Å². The fourth-order valence-corrected chi connectivity index (χ4v) is 4.49. The minimum Gasteiger partial charge on any atom is -0.497 e. The highest BCUT2D eigenvalue weighted by Gasteiger charge is 2.35. The van der Waals surface area contributed by atoms with Crippen molar-refractivity contribution in [2.24, 2.45) is 5.92 Å². The average Bonchev–Trinajstić information content (AvgIpc) is 3.38. The van der Waals surface area contributed by atoms with Crippen LogP contribution in [0.15, 0.2) is 24.3 Å². The first-order valence-corrected chi connectivity index (χ1v) is 9.53. The van der Waals surface area contributed by atoms with E-state index in [4.69, 9.17) is 4.74 Å². The molecule has 1 aromatic carbocycles. The zero-order valence-corrected chi connectivity index (χ0v) is 14.0. The monoisotopic (exact) mass is 305 g/mol. The van der Waals surface area contributed by atoms with Crippen LogP contribution in [0.25, 0.3) is 0 Å². The van der Waals surface area contributed by atoms with Crippen molar-refractivity contribution < 1.29 is 4.74 Å². The molecule has 0 saturated heterocycles. The Morgan fingerprint density at radius 3 is 2.43 bits per heavy atom. The minimum absolute atomic E-state index is 0.536. The first kappa shape index (κ1) is 15.2. The molecule has 0 heterocycles. The summed E-state index contributed by atoms with van der Waals surface area (Å²) in [5.41, 5.74) is 1.43. The van der Waals surface area contributed by atoms with Crippen molar-refractivity contribution in [3.05, 3.63) is 29.8 Å². The number of ether oxygens (including phenoxy) is 1. The van der Waals surface area contributed by atoms with Gasteiger partial charge in [0.25, 0.3) is 0 Å². The van der Waals surface area contributed by atoms with E-state index in [0.29, 0.717) is 12.1 Å². The van der Waals surface area contributed by atoms with Gasteiger partial charge in [0.15, 0.2) is 0 Å². The lowest BCUT2D eigenvalue weighted by Gasteiger charge is -2.34. The van der Waals surface area contributed by atoms with E-state index in [-0.39, 0.29) is 0 Å². The molecular formula is C18H27NOS. The highest BCUT2D eigenvalue weighted by atomic mass is 32.2. The van der Waals surface area contributed by atoms with E-state index in [1.165, 1.54) is 44.1 Å². The molecule has 2 fully saturated rings. The summed E-state index contributed by atoms with van der Waals surface area (Å²) in [7, 11) is 1.73. The largest absolute Gasteiger partial charge is 0.497 e. The lowest BCUT2D eigenvalue weighted by molar-refractivity contribution is 0.331. The number of methoxy groups -OCH3 is 1. The maximum atomic E-state index is 5.29. The average molecular weight is 305 g/mol. The Hall–Kier alpha value is -0.670. The summed E-state index contributed by atoms with van der Waals surface area (Å²) in [5.74, 6) is 1.79. The Kier molecular flexibility index (Phi) is 5.12. The molecule has 2 nitrogen and oxygen atoms in total. The standard InChI is InChI=1S/C18H27NOS/c1-20-15-11-9-14(10-12-15)18(13-7-8-13)19-16-5-3-4-6-17(16)21-2/h9-13,16-19H,3-8H2,1-2H3. The summed E-state index contributed by atoms with van der Waals surface area (Å²) < 4.78 is 5.29. The Balaban J connectivity index is 1.71. The van der Waals surface area contributed by atoms with Crippen molar-refractivity contribution in [2.45, 2.75) is 55.9 Å². The molecule has 0 spiro atoms. The minimum atomic E-state index is 0.536. The van der Waals surface area contributed by atoms with Crippen LogP contribution in [0.2, 0.25) is 0 Å². The van der Waals surface area contributed by atoms with Crippen LogP contribution in [-0.4, -0.2) is 24.7 Å². The third-order valence-electron chi connectivity index (χ3n) is 4.97. The van der Waals surface area contributed by atoms with Crippen molar-refractivity contribution in [3.63, 3.8) is 0 Å². The second-order valence-electron chi connectivity index (χ2n) is 6.42. The normalized spacial score (nSPS) is 27.3. The molecule has 3 rings (SSSR count). The van der Waals surface area contributed by atoms with Gasteiger partial charge in [-0.25, -0.2) is 0 Å². The van der Waals surface area contributed by atoms with E-state index in [0.717, 1.165) is 16.9 Å². The van der Waals surface area contributed by atoms with Crippen LogP contribution in [0.5, 0.6) is 5.75 Å². The molecular weight excluding hydrogens is 278 g/mol. The first-order valence-electron chi connectivity index (χ1n) is 8.24. The van der Waals surface area contributed by atoms with Crippen LogP contribution >= 0.6 is 11.8 Å². The van der Waals surface area contributed by atoms with Crippen LogP contribution in [-0.2, 0) is 0 Å². The summed E-state index contributed by atoms with van der Waals surface area (Å²) in [6, 6.07) is 9.89. The summed E-state index contributed by atoms with van der Waals surface area (Å²) in [4.78, 5) is 0. The maximum absolute atomic E-state index is 5.29. The van der Waals surface area contributed by atoms with Crippen LogP contribution in [0.4, 0.5) is 0 Å². The van der Waals surface area contributed by atoms with Gasteiger partial charge in [-0.05, 0) is 55.6 Å². The Labute approximate surface area is 133 Å². The predicted molar refractivity (Wildman–Crippen MR) is 91.2 cm³/mol. The highest BCUT2D eigenvalue weighted by molar-refractivity contribution is 7.99. The third kappa shape index (κ3) is 3.75. The number of rotatable bonds is 6. The Bertz CT molecular complexity index is 443. The molecule has 0 radical (unpaired) electrons. The van der Waals surface area contributed by atoms with Crippen LogP contribution in [0, 0.1) is 5.92 Å². The fourth-order valence-electron chi connectivity index (χ4n) is 3.55. The van der Waals surface area contributed by atoms with E-state index in [1.54, 1.807) is 7.11 Å². The molecule has 0 bridgehead atoms. The van der Waals surface area contributed by atoms with Gasteiger partial charge in [0.2, 0.25) is 0 Å². The van der Waals surface area contributed by atoms with E-state index in [2.05, 4.69) is 35.8 Å². The summed E-state index contributed by atoms with van der Waals surface area (Å²) >= 11 is 2.05. The number of nitrogens with one attached hydrogen (secondary N) is 1. The zero-order chi connectivity index (χ0) is 14.7. The topological polar surface area (TPSA) is 21.3 Å². The van der Waals surface area contributed by atoms with E-state index >= 15 is 0 Å². The molecule has 3 atom stereocenters. The van der Waals surface area contributed by atoms with Gasteiger partial charge >= 0.3 is 0 Å². The number of thioether (sulfide) groups is 1. The zero-order valence-electron chi connectivity index (χ0n) is 13.2. The van der Waals surface area contributed by atoms with Crippen molar-refractivity contribution in [2.75, 3.05) is 13.4 Å². The molecule has 2 aliphatic rings. The number of hydrogen-bond donors (Lipinski definition) is 1. The molecule has 2 aliphatic carbocycles. The van der Waals surface area contributed by atoms with Gasteiger partial charge in [0.05, 0.1) is 7.11 Å². The predicted octanol–water partition coefficient (Wildman–Crippen LogP) is 4.41. The van der Waals surface area contributed by atoms with Gasteiger partial charge in [0, 0.05) is 17.3 Å². The van der Waals surface area contributed by atoms with E-state index < -0.39 is 0 Å². The lowest BCUT2D eigenvalue weighted by Crippen LogP contribution is -2.43. The van der Waals surface area contributed by atoms with E-state index in [1.807, 2.05) is 11.8 Å². The summed E-state index contributed by atoms with van der Waals surface area (Å²) in [5, 5.41) is 4.80. The molecule has 0 aromatic heterocycles. The van der Waals surface area contributed by atoms with Crippen LogP contribution in [0.3, 0.4) is 0 Å². The second kappa shape index (κ2) is 7.06. The smallest absolute Gasteiger partial charge is 0.118 e. The number of benzene rings is 1. The molecule has 0 amide bonds. The van der Waals surface area contributed by atoms with Gasteiger partial charge in [-0.2, -0.15) is 11.8 Å². The molecule has 21 heavy (non-hydrogen) atoms. The molecule has 1 aromatic rings. The molecule has 3 unspecified atom stereocenters. The van der Waals surface area contributed by atoms with Gasteiger partial charge in [-0.15, -0.1) is 0 Å². The Morgan fingerprint density at radius 1 is 1.10 bits per heavy atom. The van der Waals surface area contributed by atoms with Crippen LogP contribution < -0.4 is 10.1 Å². The molecule has 116 valence electrons. The van der Waals surface area contributed by atoms with E-state index in [9.17, 15) is 0 Å². The maximum Gasteiger partial charge on any atom is 0.118 e. The number of hydrogen-bond acceptors (Lipinski definition) is 3. The molecule has 0 aliphatic heterocycles. The fraction of sp³-hybridized carbons (Fsp3) is 0.667. The highest BCUT2D eigenvalue weighted by Crippen LogP contribution is 2.42.